The summed E-state index contributed by atoms with van der Waals surface area (Å²) in [5, 5.41) is 3.67. The van der Waals surface area contributed by atoms with Gasteiger partial charge in [-0.2, -0.15) is 0 Å². The topological polar surface area (TPSA) is 85.1 Å². The molecule has 3 aliphatic heterocycles. The molecule has 4 heterocycles. The Kier molecular flexibility index (Phi) is 4.58. The van der Waals surface area contributed by atoms with Gasteiger partial charge in [-0.1, -0.05) is 35.5 Å². The van der Waals surface area contributed by atoms with Crippen molar-refractivity contribution in [2.45, 2.75) is 18.2 Å². The average molecular weight is 409 g/mol. The molecule has 1 aromatic carbocycles. The van der Waals surface area contributed by atoms with Gasteiger partial charge in [-0.15, -0.1) is 0 Å². The Morgan fingerprint density at radius 3 is 2.93 bits per heavy atom. The molecule has 3 aliphatic rings. The van der Waals surface area contributed by atoms with Gasteiger partial charge in [0.05, 0.1) is 43.8 Å². The summed E-state index contributed by atoms with van der Waals surface area (Å²) < 4.78 is 17.0. The lowest BCUT2D eigenvalue weighted by atomic mass is 9.76. The van der Waals surface area contributed by atoms with Gasteiger partial charge in [-0.3, -0.25) is 9.59 Å². The summed E-state index contributed by atoms with van der Waals surface area (Å²) in [6.45, 7) is 1.57. The molecule has 8 heteroatoms. The molecule has 2 aromatic rings. The smallest absolute Gasteiger partial charge is 0.230 e. The van der Waals surface area contributed by atoms with Crippen LogP contribution in [0.2, 0.25) is 0 Å². The largest absolute Gasteiger partial charge is 0.492 e. The lowest BCUT2D eigenvalue weighted by Crippen LogP contribution is -2.44. The fourth-order valence-corrected chi connectivity index (χ4v) is 4.73. The van der Waals surface area contributed by atoms with Crippen molar-refractivity contribution in [1.82, 2.24) is 15.0 Å². The van der Waals surface area contributed by atoms with E-state index in [2.05, 4.69) is 5.16 Å². The SMILES string of the molecule is CN(Cc1ccno1)C(=O)C1C2C(=O)N(CCOc3ccccc3)C[C@]23C=C[C@H]1O3. The molecule has 5 rings (SSSR count). The summed E-state index contributed by atoms with van der Waals surface area (Å²) in [6, 6.07) is 11.2. The van der Waals surface area contributed by atoms with E-state index in [1.165, 1.54) is 0 Å². The Hall–Kier alpha value is -3.13. The molecule has 0 saturated carbocycles. The van der Waals surface area contributed by atoms with Crippen molar-refractivity contribution in [2.75, 3.05) is 26.7 Å². The summed E-state index contributed by atoms with van der Waals surface area (Å²) in [4.78, 5) is 29.8. The minimum Gasteiger partial charge on any atom is -0.492 e. The number of carbonyl (C=O) groups is 2. The number of carbonyl (C=O) groups excluding carboxylic acids is 2. The summed E-state index contributed by atoms with van der Waals surface area (Å²) in [5.41, 5.74) is -0.720. The lowest BCUT2D eigenvalue weighted by molar-refractivity contribution is -0.143. The number of benzene rings is 1. The maximum atomic E-state index is 13.2. The molecule has 0 N–H and O–H groups in total. The van der Waals surface area contributed by atoms with E-state index in [4.69, 9.17) is 14.0 Å². The molecule has 156 valence electrons. The van der Waals surface area contributed by atoms with Crippen LogP contribution in [0.3, 0.4) is 0 Å². The van der Waals surface area contributed by atoms with Crippen LogP contribution in [0.25, 0.3) is 0 Å². The fourth-order valence-electron chi connectivity index (χ4n) is 4.73. The first-order chi connectivity index (χ1) is 14.6. The van der Waals surface area contributed by atoms with Gasteiger partial charge in [0.25, 0.3) is 0 Å². The Morgan fingerprint density at radius 1 is 1.33 bits per heavy atom. The third kappa shape index (κ3) is 3.08. The van der Waals surface area contributed by atoms with Gasteiger partial charge in [0.15, 0.2) is 5.76 Å². The van der Waals surface area contributed by atoms with E-state index < -0.39 is 17.4 Å². The number of likely N-dealkylation sites (tertiary alicyclic amines) is 1. The molecule has 30 heavy (non-hydrogen) atoms. The van der Waals surface area contributed by atoms with E-state index >= 15 is 0 Å². The van der Waals surface area contributed by atoms with Gasteiger partial charge in [0, 0.05) is 13.1 Å². The molecular weight excluding hydrogens is 386 g/mol. The van der Waals surface area contributed by atoms with E-state index in [1.807, 2.05) is 42.5 Å². The molecule has 1 spiro atoms. The number of aromatic nitrogens is 1. The van der Waals surface area contributed by atoms with Crippen LogP contribution in [0.15, 0.2) is 59.3 Å². The lowest BCUT2D eigenvalue weighted by Gasteiger charge is -2.27. The minimum absolute atomic E-state index is 0.0510. The fraction of sp³-hybridized carbons (Fsp3) is 0.409. The zero-order chi connectivity index (χ0) is 20.7. The Bertz CT molecular complexity index is 960. The van der Waals surface area contributed by atoms with E-state index in [9.17, 15) is 9.59 Å². The molecule has 2 unspecified atom stereocenters. The summed E-state index contributed by atoms with van der Waals surface area (Å²) >= 11 is 0. The van der Waals surface area contributed by atoms with Crippen LogP contribution in [0.1, 0.15) is 5.76 Å². The van der Waals surface area contributed by atoms with Crippen LogP contribution in [0.4, 0.5) is 0 Å². The van der Waals surface area contributed by atoms with Crippen molar-refractivity contribution in [3.63, 3.8) is 0 Å². The highest BCUT2D eigenvalue weighted by Crippen LogP contribution is 2.52. The van der Waals surface area contributed by atoms with Crippen molar-refractivity contribution in [1.29, 1.82) is 0 Å². The quantitative estimate of drug-likeness (QED) is 0.645. The second-order valence-electron chi connectivity index (χ2n) is 7.99. The Morgan fingerprint density at radius 2 is 2.17 bits per heavy atom. The second-order valence-corrected chi connectivity index (χ2v) is 7.99. The van der Waals surface area contributed by atoms with Crippen LogP contribution in [-0.2, 0) is 20.9 Å². The van der Waals surface area contributed by atoms with Gasteiger partial charge >= 0.3 is 0 Å². The van der Waals surface area contributed by atoms with E-state index in [0.29, 0.717) is 32.0 Å². The third-order valence-electron chi connectivity index (χ3n) is 6.10. The molecule has 1 aromatic heterocycles. The van der Waals surface area contributed by atoms with Crippen LogP contribution in [0, 0.1) is 11.8 Å². The normalized spacial score (nSPS) is 28.8. The highest BCUT2D eigenvalue weighted by atomic mass is 16.5. The first-order valence-corrected chi connectivity index (χ1v) is 10.1. The molecule has 2 fully saturated rings. The van der Waals surface area contributed by atoms with Crippen LogP contribution in [-0.4, -0.2) is 65.2 Å². The van der Waals surface area contributed by atoms with Gasteiger partial charge in [-0.05, 0) is 12.1 Å². The van der Waals surface area contributed by atoms with Crippen LogP contribution < -0.4 is 4.74 Å². The number of amides is 2. The van der Waals surface area contributed by atoms with Crippen molar-refractivity contribution in [3.05, 3.63) is 60.5 Å². The zero-order valence-electron chi connectivity index (χ0n) is 16.6. The average Bonchev–Trinajstić information content (AvgIpc) is 3.51. The summed E-state index contributed by atoms with van der Waals surface area (Å²) in [7, 11) is 1.71. The van der Waals surface area contributed by atoms with Crippen molar-refractivity contribution in [2.24, 2.45) is 11.8 Å². The third-order valence-corrected chi connectivity index (χ3v) is 6.10. The first-order valence-electron chi connectivity index (χ1n) is 10.1. The minimum atomic E-state index is -0.720. The van der Waals surface area contributed by atoms with Crippen molar-refractivity contribution < 1.29 is 23.6 Å². The Balaban J connectivity index is 1.27. The van der Waals surface area contributed by atoms with Crippen LogP contribution in [0.5, 0.6) is 5.75 Å². The molecule has 2 amide bonds. The number of hydrogen-bond donors (Lipinski definition) is 0. The predicted molar refractivity (Wildman–Crippen MR) is 105 cm³/mol. The molecule has 2 saturated heterocycles. The Labute approximate surface area is 174 Å². The number of hydrogen-bond acceptors (Lipinski definition) is 6. The van der Waals surface area contributed by atoms with Gasteiger partial charge in [0.2, 0.25) is 11.8 Å². The monoisotopic (exact) mass is 409 g/mol. The highest BCUT2D eigenvalue weighted by molar-refractivity contribution is 5.93. The number of ether oxygens (including phenoxy) is 2. The van der Waals surface area contributed by atoms with Crippen molar-refractivity contribution >= 4 is 11.8 Å². The number of fused-ring (bicyclic) bond motifs is 1. The van der Waals surface area contributed by atoms with E-state index in [-0.39, 0.29) is 17.9 Å². The van der Waals surface area contributed by atoms with E-state index in [1.54, 1.807) is 29.1 Å². The summed E-state index contributed by atoms with van der Waals surface area (Å²) in [6.07, 6.45) is 5.05. The van der Waals surface area contributed by atoms with Gasteiger partial charge < -0.3 is 23.8 Å². The number of nitrogens with zero attached hydrogens (tertiary/aromatic N) is 3. The number of rotatable bonds is 7. The van der Waals surface area contributed by atoms with Crippen LogP contribution >= 0.6 is 0 Å². The molecule has 0 aliphatic carbocycles. The van der Waals surface area contributed by atoms with Gasteiger partial charge in [0.1, 0.15) is 18.0 Å². The maximum Gasteiger partial charge on any atom is 0.230 e. The number of para-hydroxylation sites is 1. The molecule has 0 radical (unpaired) electrons. The second kappa shape index (κ2) is 7.28. The molecule has 2 bridgehead atoms. The summed E-state index contributed by atoms with van der Waals surface area (Å²) in [5.74, 6) is 0.150. The van der Waals surface area contributed by atoms with Crippen molar-refractivity contribution in [3.8, 4) is 5.75 Å². The highest BCUT2D eigenvalue weighted by Gasteiger charge is 2.67. The predicted octanol–water partition coefficient (Wildman–Crippen LogP) is 1.49. The van der Waals surface area contributed by atoms with Gasteiger partial charge in [-0.25, -0.2) is 0 Å². The maximum absolute atomic E-state index is 13.2. The molecule has 4 atom stereocenters. The standard InChI is InChI=1S/C22H23N3O5/c1-24(13-16-8-10-23-30-16)20(26)18-17-7-9-22(29-17)14-25(21(27)19(18)22)11-12-28-15-5-3-2-4-6-15/h2-10,17-19H,11-14H2,1H3/t17-,18?,19?,22-/m1/s1. The molecular formula is C22H23N3O5. The van der Waals surface area contributed by atoms with E-state index in [0.717, 1.165) is 5.75 Å². The first kappa shape index (κ1) is 18.9. The molecule has 8 nitrogen and oxygen atoms in total. The zero-order valence-corrected chi connectivity index (χ0v) is 16.6.